The van der Waals surface area contributed by atoms with E-state index in [9.17, 15) is 14.3 Å². The van der Waals surface area contributed by atoms with E-state index in [-0.39, 0.29) is 23.8 Å². The summed E-state index contributed by atoms with van der Waals surface area (Å²) in [5, 5.41) is 10.5. The van der Waals surface area contributed by atoms with Gasteiger partial charge in [-0.05, 0) is 74.1 Å². The van der Waals surface area contributed by atoms with Crippen LogP contribution in [-0.2, 0) is 4.79 Å². The van der Waals surface area contributed by atoms with E-state index in [0.717, 1.165) is 34.5 Å². The van der Waals surface area contributed by atoms with Gasteiger partial charge in [-0.25, -0.2) is 9.37 Å². The molecule has 1 amide bonds. The highest BCUT2D eigenvalue weighted by Gasteiger charge is 2.42. The molecule has 0 saturated carbocycles. The fraction of sp³-hybridized carbons (Fsp3) is 0.333. The van der Waals surface area contributed by atoms with Crippen LogP contribution in [0.4, 0.5) is 4.39 Å². The van der Waals surface area contributed by atoms with Crippen LogP contribution in [0.3, 0.4) is 0 Å². The average Bonchev–Trinajstić information content (AvgIpc) is 3.26. The molecule has 0 spiro atoms. The van der Waals surface area contributed by atoms with Crippen molar-refractivity contribution in [3.8, 4) is 11.4 Å². The molecule has 0 bridgehead atoms. The lowest BCUT2D eigenvalue weighted by Crippen LogP contribution is -2.52. The highest BCUT2D eigenvalue weighted by Crippen LogP contribution is 2.41. The van der Waals surface area contributed by atoms with Gasteiger partial charge in [0.1, 0.15) is 11.6 Å². The second-order valence-electron chi connectivity index (χ2n) is 9.12. The number of benzene rings is 2. The lowest BCUT2D eigenvalue weighted by Gasteiger charge is -2.47. The number of piperidine rings is 2. The normalized spacial score (nSPS) is 23.8. The SMILES string of the molecule is COc1cc(/C=C2\CC[C@H]3C[C@H](O)C[C@@H](c4ccc(F)cc4)N3C2=O)ccc1-n1cnc(C)c1. The molecule has 2 fully saturated rings. The number of imidazole rings is 1. The Morgan fingerprint density at radius 1 is 1.18 bits per heavy atom. The Morgan fingerprint density at radius 3 is 2.68 bits per heavy atom. The molecule has 2 saturated heterocycles. The van der Waals surface area contributed by atoms with E-state index in [1.54, 1.807) is 25.6 Å². The maximum atomic E-state index is 13.6. The van der Waals surface area contributed by atoms with Gasteiger partial charge in [0.15, 0.2) is 0 Å². The predicted octanol–water partition coefficient (Wildman–Crippen LogP) is 4.60. The number of aromatic nitrogens is 2. The molecule has 3 atom stereocenters. The largest absolute Gasteiger partial charge is 0.495 e. The standard InChI is InChI=1S/C27H28FN3O3/c1-17-15-30(16-29-17)24-10-3-18(12-26(24)34-2)11-20-6-9-22-13-23(32)14-25(31(22)27(20)33)19-4-7-21(28)8-5-19/h3-5,7-8,10-12,15-16,22-23,25,32H,6,9,13-14H2,1-2H3/b20-11+/t22-,23-,25-/m0/s1. The van der Waals surface area contributed by atoms with Crippen molar-refractivity contribution >= 4 is 12.0 Å². The third kappa shape index (κ3) is 4.23. The van der Waals surface area contributed by atoms with Gasteiger partial charge >= 0.3 is 0 Å². The molecule has 176 valence electrons. The number of aliphatic hydroxyl groups is 1. The van der Waals surface area contributed by atoms with Crippen LogP contribution in [0.5, 0.6) is 5.75 Å². The van der Waals surface area contributed by atoms with Gasteiger partial charge in [-0.2, -0.15) is 0 Å². The number of ether oxygens (including phenoxy) is 1. The first kappa shape index (κ1) is 22.3. The smallest absolute Gasteiger partial charge is 0.250 e. The van der Waals surface area contributed by atoms with Crippen LogP contribution in [0.1, 0.15) is 48.5 Å². The molecule has 5 rings (SSSR count). The number of hydrogen-bond acceptors (Lipinski definition) is 4. The molecule has 2 aliphatic rings. The minimum atomic E-state index is -0.474. The van der Waals surface area contributed by atoms with Crippen molar-refractivity contribution < 1.29 is 19.0 Å². The van der Waals surface area contributed by atoms with Crippen LogP contribution in [0.2, 0.25) is 0 Å². The number of halogens is 1. The molecule has 1 aromatic heterocycles. The average molecular weight is 462 g/mol. The first-order chi connectivity index (χ1) is 16.4. The van der Waals surface area contributed by atoms with Crippen LogP contribution >= 0.6 is 0 Å². The Morgan fingerprint density at radius 2 is 1.97 bits per heavy atom. The van der Waals surface area contributed by atoms with Gasteiger partial charge in [-0.1, -0.05) is 18.2 Å². The van der Waals surface area contributed by atoms with Crippen molar-refractivity contribution in [1.82, 2.24) is 14.5 Å². The zero-order chi connectivity index (χ0) is 23.8. The van der Waals surface area contributed by atoms with Gasteiger partial charge in [0.25, 0.3) is 5.91 Å². The highest BCUT2D eigenvalue weighted by molar-refractivity contribution is 5.99. The molecule has 0 unspecified atom stereocenters. The molecule has 2 aliphatic heterocycles. The molecule has 34 heavy (non-hydrogen) atoms. The van der Waals surface area contributed by atoms with Crippen LogP contribution in [0.15, 0.2) is 60.6 Å². The van der Waals surface area contributed by atoms with Crippen molar-refractivity contribution in [3.63, 3.8) is 0 Å². The van der Waals surface area contributed by atoms with Gasteiger partial charge in [0, 0.05) is 17.8 Å². The summed E-state index contributed by atoms with van der Waals surface area (Å²) in [5.41, 5.74) is 4.25. The number of methoxy groups -OCH3 is 1. The van der Waals surface area contributed by atoms with Crippen LogP contribution in [0.25, 0.3) is 11.8 Å². The minimum Gasteiger partial charge on any atom is -0.495 e. The number of aliphatic hydroxyl groups excluding tert-OH is 1. The fourth-order valence-electron chi connectivity index (χ4n) is 5.18. The molecule has 0 aliphatic carbocycles. The van der Waals surface area contributed by atoms with E-state index in [1.807, 2.05) is 46.9 Å². The molecular formula is C27H28FN3O3. The second kappa shape index (κ2) is 9.06. The van der Waals surface area contributed by atoms with E-state index in [2.05, 4.69) is 4.98 Å². The zero-order valence-electron chi connectivity index (χ0n) is 19.3. The van der Waals surface area contributed by atoms with E-state index in [4.69, 9.17) is 4.74 Å². The van der Waals surface area contributed by atoms with Crippen LogP contribution in [-0.4, -0.2) is 44.7 Å². The maximum Gasteiger partial charge on any atom is 0.250 e. The number of carbonyl (C=O) groups is 1. The highest BCUT2D eigenvalue weighted by atomic mass is 19.1. The molecule has 6 nitrogen and oxygen atoms in total. The Labute approximate surface area is 198 Å². The van der Waals surface area contributed by atoms with Crippen LogP contribution in [0, 0.1) is 12.7 Å². The Bertz CT molecular complexity index is 1230. The van der Waals surface area contributed by atoms with E-state index in [0.29, 0.717) is 25.0 Å². The molecule has 1 N–H and O–H groups in total. The maximum absolute atomic E-state index is 13.6. The summed E-state index contributed by atoms with van der Waals surface area (Å²) < 4.78 is 21.0. The van der Waals surface area contributed by atoms with Crippen molar-refractivity contribution in [1.29, 1.82) is 0 Å². The number of aryl methyl sites for hydroxylation is 1. The Balaban J connectivity index is 1.45. The van der Waals surface area contributed by atoms with E-state index < -0.39 is 6.10 Å². The number of nitrogens with zero attached hydrogens (tertiary/aromatic N) is 3. The van der Waals surface area contributed by atoms with Gasteiger partial charge in [-0.3, -0.25) is 4.79 Å². The van der Waals surface area contributed by atoms with Crippen molar-refractivity contribution in [2.24, 2.45) is 0 Å². The Hall–Kier alpha value is -3.45. The first-order valence-electron chi connectivity index (χ1n) is 11.6. The summed E-state index contributed by atoms with van der Waals surface area (Å²) in [6.07, 6.45) is 7.59. The van der Waals surface area contributed by atoms with Crippen LogP contribution < -0.4 is 4.74 Å². The van der Waals surface area contributed by atoms with Crippen molar-refractivity contribution in [2.75, 3.05) is 7.11 Å². The number of fused-ring (bicyclic) bond motifs is 1. The first-order valence-corrected chi connectivity index (χ1v) is 11.6. The monoisotopic (exact) mass is 461 g/mol. The van der Waals surface area contributed by atoms with Gasteiger partial charge in [-0.15, -0.1) is 0 Å². The molecular weight excluding hydrogens is 433 g/mol. The van der Waals surface area contributed by atoms with Gasteiger partial charge < -0.3 is 19.3 Å². The third-order valence-corrected chi connectivity index (χ3v) is 6.81. The third-order valence-electron chi connectivity index (χ3n) is 6.81. The second-order valence-corrected chi connectivity index (χ2v) is 9.12. The van der Waals surface area contributed by atoms with Gasteiger partial charge in [0.05, 0.1) is 37.0 Å². The molecule has 0 radical (unpaired) electrons. The minimum absolute atomic E-state index is 0.0225. The quantitative estimate of drug-likeness (QED) is 0.577. The van der Waals surface area contributed by atoms with E-state index in [1.165, 1.54) is 12.1 Å². The van der Waals surface area contributed by atoms with E-state index >= 15 is 0 Å². The summed E-state index contributed by atoms with van der Waals surface area (Å²) in [6, 6.07) is 11.8. The number of hydrogen-bond donors (Lipinski definition) is 1. The van der Waals surface area contributed by atoms with Crippen molar-refractivity contribution in [3.05, 3.63) is 83.2 Å². The van der Waals surface area contributed by atoms with Gasteiger partial charge in [0.2, 0.25) is 0 Å². The summed E-state index contributed by atoms with van der Waals surface area (Å²) in [4.78, 5) is 19.8. The molecule has 7 heteroatoms. The number of carbonyl (C=O) groups excluding carboxylic acids is 1. The molecule has 2 aromatic carbocycles. The summed E-state index contributed by atoms with van der Waals surface area (Å²) in [7, 11) is 1.63. The Kier molecular flexibility index (Phi) is 5.96. The number of rotatable bonds is 4. The zero-order valence-corrected chi connectivity index (χ0v) is 19.3. The topological polar surface area (TPSA) is 67.6 Å². The molecule has 3 heterocycles. The summed E-state index contributed by atoms with van der Waals surface area (Å²) in [6.45, 7) is 1.93. The number of amides is 1. The molecule has 3 aromatic rings. The fourth-order valence-corrected chi connectivity index (χ4v) is 5.18. The summed E-state index contributed by atoms with van der Waals surface area (Å²) >= 11 is 0. The van der Waals surface area contributed by atoms with Crippen molar-refractivity contribution in [2.45, 2.75) is 50.8 Å². The predicted molar refractivity (Wildman–Crippen MR) is 127 cm³/mol. The summed E-state index contributed by atoms with van der Waals surface area (Å²) in [5.74, 6) is 0.356. The lowest BCUT2D eigenvalue weighted by molar-refractivity contribution is -0.139. The lowest BCUT2D eigenvalue weighted by atomic mass is 9.82.